The van der Waals surface area contributed by atoms with E-state index >= 15 is 0 Å². The SMILES string of the molecule is Cc1cn2nc([C@@H]3CCCCN3C(=O)c3cc(Cl)ccc3NS(C)(=O)=O)cc2nc1N1C[C@@H](C)[C@@H](N=[N+]=[N-])C1. The zero-order valence-electron chi connectivity index (χ0n) is 22.0. The number of aryl methyl sites for hydroxylation is 1. The highest BCUT2D eigenvalue weighted by Gasteiger charge is 2.33. The molecule has 1 aromatic carbocycles. The summed E-state index contributed by atoms with van der Waals surface area (Å²) in [4.78, 5) is 25.5. The number of carbonyl (C=O) groups excluding carboxylic acids is 1. The number of amides is 1. The summed E-state index contributed by atoms with van der Waals surface area (Å²) in [6.45, 7) is 5.89. The Morgan fingerprint density at radius 1 is 1.26 bits per heavy atom. The number of piperidine rings is 1. The smallest absolute Gasteiger partial charge is 0.256 e. The fourth-order valence-corrected chi connectivity index (χ4v) is 6.21. The van der Waals surface area contributed by atoms with Gasteiger partial charge in [0.2, 0.25) is 10.0 Å². The number of aromatic nitrogens is 3. The molecule has 0 unspecified atom stereocenters. The number of fused-ring (bicyclic) bond motifs is 1. The topological polar surface area (TPSA) is 149 Å². The highest BCUT2D eigenvalue weighted by Crippen LogP contribution is 2.35. The van der Waals surface area contributed by atoms with Crippen molar-refractivity contribution in [3.8, 4) is 0 Å². The van der Waals surface area contributed by atoms with Gasteiger partial charge < -0.3 is 9.80 Å². The Morgan fingerprint density at radius 3 is 2.79 bits per heavy atom. The van der Waals surface area contributed by atoms with E-state index in [2.05, 4.69) is 26.6 Å². The monoisotopic (exact) mass is 571 g/mol. The molecule has 2 aliphatic heterocycles. The first-order chi connectivity index (χ1) is 18.5. The number of hydrogen-bond acceptors (Lipinski definition) is 7. The van der Waals surface area contributed by atoms with Crippen LogP contribution < -0.4 is 9.62 Å². The van der Waals surface area contributed by atoms with Gasteiger partial charge in [-0.3, -0.25) is 9.52 Å². The van der Waals surface area contributed by atoms with Crippen molar-refractivity contribution in [1.82, 2.24) is 19.5 Å². The van der Waals surface area contributed by atoms with Crippen LogP contribution in [0, 0.1) is 12.8 Å². The van der Waals surface area contributed by atoms with Crippen molar-refractivity contribution in [2.75, 3.05) is 35.5 Å². The van der Waals surface area contributed by atoms with E-state index in [1.807, 2.05) is 19.2 Å². The Balaban J connectivity index is 1.47. The average molecular weight is 572 g/mol. The van der Waals surface area contributed by atoms with Crippen LogP contribution in [0.2, 0.25) is 5.02 Å². The molecule has 0 radical (unpaired) electrons. The first-order valence-corrected chi connectivity index (χ1v) is 15.1. The van der Waals surface area contributed by atoms with Gasteiger partial charge in [0.1, 0.15) is 5.82 Å². The number of rotatable bonds is 6. The van der Waals surface area contributed by atoms with Crippen molar-refractivity contribution >= 4 is 44.7 Å². The van der Waals surface area contributed by atoms with Crippen LogP contribution in [-0.2, 0) is 10.0 Å². The molecule has 2 saturated heterocycles. The van der Waals surface area contributed by atoms with Crippen LogP contribution in [0.4, 0.5) is 11.5 Å². The molecule has 3 aromatic rings. The Kier molecular flexibility index (Phi) is 7.32. The van der Waals surface area contributed by atoms with Gasteiger partial charge >= 0.3 is 0 Å². The number of nitrogens with one attached hydrogen (secondary N) is 1. The number of anilines is 2. The van der Waals surface area contributed by atoms with Crippen molar-refractivity contribution < 1.29 is 13.2 Å². The van der Waals surface area contributed by atoms with E-state index in [9.17, 15) is 13.2 Å². The quantitative estimate of drug-likeness (QED) is 0.260. The molecule has 0 bridgehead atoms. The molecular weight excluding hydrogens is 542 g/mol. The van der Waals surface area contributed by atoms with Crippen LogP contribution in [0.1, 0.15) is 53.8 Å². The normalized spacial score (nSPS) is 21.7. The van der Waals surface area contributed by atoms with Crippen molar-refractivity contribution in [3.63, 3.8) is 0 Å². The molecule has 39 heavy (non-hydrogen) atoms. The number of benzene rings is 1. The van der Waals surface area contributed by atoms with Gasteiger partial charge in [-0.2, -0.15) is 5.10 Å². The van der Waals surface area contributed by atoms with Gasteiger partial charge in [-0.05, 0) is 55.8 Å². The van der Waals surface area contributed by atoms with Gasteiger partial charge in [-0.1, -0.05) is 23.6 Å². The standard InChI is InChI=1S/C25H30ClN9O3S/c1-15-12-33(14-21(15)29-32-27)24-16(2)13-35-23(28-24)11-20(30-35)22-6-4-5-9-34(22)25(36)18-10-17(26)7-8-19(18)31-39(3,37)38/h7-8,10-11,13,15,21-22,31H,4-6,9,12,14H2,1-3H3/t15-,21+,22+/m1/s1. The van der Waals surface area contributed by atoms with E-state index in [1.54, 1.807) is 15.5 Å². The number of sulfonamides is 1. The number of likely N-dealkylation sites (tertiary alicyclic amines) is 1. The van der Waals surface area contributed by atoms with Gasteiger partial charge in [0, 0.05) is 47.4 Å². The molecule has 2 fully saturated rings. The molecule has 3 atom stereocenters. The lowest BCUT2D eigenvalue weighted by Gasteiger charge is -2.35. The van der Waals surface area contributed by atoms with Crippen molar-refractivity contribution in [2.24, 2.45) is 11.0 Å². The van der Waals surface area contributed by atoms with E-state index in [0.717, 1.165) is 37.0 Å². The van der Waals surface area contributed by atoms with Gasteiger partial charge in [0.15, 0.2) is 5.65 Å². The summed E-state index contributed by atoms with van der Waals surface area (Å²) in [6.07, 6.45) is 5.43. The number of nitrogens with zero attached hydrogens (tertiary/aromatic N) is 8. The highest BCUT2D eigenvalue weighted by molar-refractivity contribution is 7.92. The fourth-order valence-electron chi connectivity index (χ4n) is 5.46. The average Bonchev–Trinajstić information content (AvgIpc) is 3.46. The van der Waals surface area contributed by atoms with Crippen LogP contribution in [0.5, 0.6) is 0 Å². The molecular formula is C25H30ClN9O3S. The first-order valence-electron chi connectivity index (χ1n) is 12.8. The van der Waals surface area contributed by atoms with Gasteiger partial charge in [0.25, 0.3) is 5.91 Å². The van der Waals surface area contributed by atoms with E-state index in [1.165, 1.54) is 12.1 Å². The zero-order valence-corrected chi connectivity index (χ0v) is 23.5. The van der Waals surface area contributed by atoms with Crippen molar-refractivity contribution in [2.45, 2.75) is 45.2 Å². The number of carbonyl (C=O) groups is 1. The maximum absolute atomic E-state index is 13.8. The summed E-state index contributed by atoms with van der Waals surface area (Å²) >= 11 is 6.20. The molecule has 0 saturated carbocycles. The zero-order chi connectivity index (χ0) is 27.9. The second-order valence-electron chi connectivity index (χ2n) is 10.3. The minimum Gasteiger partial charge on any atom is -0.356 e. The van der Waals surface area contributed by atoms with Crippen LogP contribution in [0.3, 0.4) is 0 Å². The van der Waals surface area contributed by atoms with E-state index < -0.39 is 10.0 Å². The third kappa shape index (κ3) is 5.61. The number of halogens is 1. The lowest BCUT2D eigenvalue weighted by molar-refractivity contribution is 0.0607. The fraction of sp³-hybridized carbons (Fsp3) is 0.480. The molecule has 12 nitrogen and oxygen atoms in total. The Morgan fingerprint density at radius 2 is 2.05 bits per heavy atom. The number of azide groups is 1. The summed E-state index contributed by atoms with van der Waals surface area (Å²) in [5.74, 6) is 0.725. The summed E-state index contributed by atoms with van der Waals surface area (Å²) in [7, 11) is -3.60. The maximum Gasteiger partial charge on any atom is 0.256 e. The summed E-state index contributed by atoms with van der Waals surface area (Å²) in [5.41, 5.74) is 11.6. The Hall–Kier alpha value is -3.54. The summed E-state index contributed by atoms with van der Waals surface area (Å²) < 4.78 is 28.0. The van der Waals surface area contributed by atoms with Crippen LogP contribution >= 0.6 is 11.6 Å². The summed E-state index contributed by atoms with van der Waals surface area (Å²) in [5, 5.41) is 9.05. The molecule has 5 rings (SSSR count). The largest absolute Gasteiger partial charge is 0.356 e. The van der Waals surface area contributed by atoms with Crippen LogP contribution in [0.25, 0.3) is 16.1 Å². The van der Waals surface area contributed by atoms with Gasteiger partial charge in [0.05, 0.1) is 35.3 Å². The first kappa shape index (κ1) is 27.0. The number of hydrogen-bond donors (Lipinski definition) is 1. The molecule has 206 valence electrons. The minimum absolute atomic E-state index is 0.108. The molecule has 2 aromatic heterocycles. The molecule has 2 aliphatic rings. The molecule has 14 heteroatoms. The highest BCUT2D eigenvalue weighted by atomic mass is 35.5. The lowest BCUT2D eigenvalue weighted by atomic mass is 9.98. The van der Waals surface area contributed by atoms with Crippen molar-refractivity contribution in [3.05, 3.63) is 62.7 Å². The Labute approximate surface area is 231 Å². The second kappa shape index (κ2) is 10.6. The van der Waals surface area contributed by atoms with Crippen molar-refractivity contribution in [1.29, 1.82) is 0 Å². The van der Waals surface area contributed by atoms with Gasteiger partial charge in [-0.15, -0.1) is 0 Å². The van der Waals surface area contributed by atoms with Crippen LogP contribution in [-0.4, -0.2) is 65.8 Å². The molecule has 0 aliphatic carbocycles. The Bertz CT molecular complexity index is 1580. The predicted octanol–water partition coefficient (Wildman–Crippen LogP) is 4.57. The summed E-state index contributed by atoms with van der Waals surface area (Å²) in [6, 6.07) is 6.03. The van der Waals surface area contributed by atoms with E-state index in [0.29, 0.717) is 35.9 Å². The predicted molar refractivity (Wildman–Crippen MR) is 150 cm³/mol. The molecule has 0 spiro atoms. The molecule has 1 amide bonds. The maximum atomic E-state index is 13.8. The third-order valence-corrected chi connectivity index (χ3v) is 8.13. The van der Waals surface area contributed by atoms with E-state index in [4.69, 9.17) is 27.2 Å². The molecule has 4 heterocycles. The molecule has 1 N–H and O–H groups in total. The lowest BCUT2D eigenvalue weighted by Crippen LogP contribution is -2.39. The minimum atomic E-state index is -3.60. The van der Waals surface area contributed by atoms with Crippen LogP contribution in [0.15, 0.2) is 35.6 Å². The van der Waals surface area contributed by atoms with E-state index in [-0.39, 0.29) is 35.2 Å². The second-order valence-corrected chi connectivity index (χ2v) is 12.5. The van der Waals surface area contributed by atoms with Gasteiger partial charge in [-0.25, -0.2) is 17.9 Å². The third-order valence-electron chi connectivity index (χ3n) is 7.31.